The zero-order chi connectivity index (χ0) is 27.9. The van der Waals surface area contributed by atoms with Gasteiger partial charge in [-0.25, -0.2) is 18.2 Å². The second-order valence-electron chi connectivity index (χ2n) is 9.43. The zero-order valence-electron chi connectivity index (χ0n) is 21.2. The van der Waals surface area contributed by atoms with Gasteiger partial charge in [0.2, 0.25) is 10.0 Å². The maximum Gasteiger partial charge on any atom is 0.238 e. The van der Waals surface area contributed by atoms with E-state index in [9.17, 15) is 18.6 Å². The number of phenolic OH excluding ortho intramolecular Hbond substituents is 2. The van der Waals surface area contributed by atoms with Crippen molar-refractivity contribution in [1.29, 1.82) is 0 Å². The van der Waals surface area contributed by atoms with Gasteiger partial charge >= 0.3 is 0 Å². The minimum absolute atomic E-state index is 0.00131. The molecule has 40 heavy (non-hydrogen) atoms. The first kappa shape index (κ1) is 25.4. The fourth-order valence-electron chi connectivity index (χ4n) is 4.85. The SMILES string of the molecule is NS(=O)(=O)c1ccc(N2N=C(c3ccccc3O)CC2c2cn(-c3ccccc3)nc2-c2ccc(O)cc2)cc1. The number of para-hydroxylation sites is 2. The monoisotopic (exact) mass is 551 g/mol. The lowest BCUT2D eigenvalue weighted by molar-refractivity contribution is 0.474. The molecule has 1 atom stereocenters. The summed E-state index contributed by atoms with van der Waals surface area (Å²) >= 11 is 0. The van der Waals surface area contributed by atoms with Crippen LogP contribution in [0.5, 0.6) is 11.5 Å². The normalized spacial score (nSPS) is 15.3. The number of aromatic hydroxyl groups is 2. The Morgan fingerprint density at radius 2 is 1.48 bits per heavy atom. The molecule has 4 aromatic carbocycles. The van der Waals surface area contributed by atoms with Crippen molar-refractivity contribution in [3.05, 3.63) is 120 Å². The van der Waals surface area contributed by atoms with E-state index in [1.165, 1.54) is 12.1 Å². The first-order chi connectivity index (χ1) is 19.3. The second kappa shape index (κ2) is 9.99. The molecule has 4 N–H and O–H groups in total. The first-order valence-corrected chi connectivity index (χ1v) is 14.0. The molecule has 10 heteroatoms. The highest BCUT2D eigenvalue weighted by Gasteiger charge is 2.34. The predicted molar refractivity (Wildman–Crippen MR) is 153 cm³/mol. The number of hydrogen-bond donors (Lipinski definition) is 3. The minimum atomic E-state index is -3.86. The van der Waals surface area contributed by atoms with E-state index in [2.05, 4.69) is 0 Å². The Balaban J connectivity index is 1.51. The zero-order valence-corrected chi connectivity index (χ0v) is 22.0. The maximum atomic E-state index is 11.9. The largest absolute Gasteiger partial charge is 0.508 e. The highest BCUT2D eigenvalue weighted by molar-refractivity contribution is 7.89. The summed E-state index contributed by atoms with van der Waals surface area (Å²) in [7, 11) is -3.86. The third-order valence-corrected chi connectivity index (χ3v) is 7.75. The van der Waals surface area contributed by atoms with Gasteiger partial charge in [-0.1, -0.05) is 30.3 Å². The molecule has 2 heterocycles. The van der Waals surface area contributed by atoms with Crippen LogP contribution < -0.4 is 10.1 Å². The van der Waals surface area contributed by atoms with Gasteiger partial charge in [-0.2, -0.15) is 10.2 Å². The van der Waals surface area contributed by atoms with Crippen LogP contribution in [0.3, 0.4) is 0 Å². The fourth-order valence-corrected chi connectivity index (χ4v) is 5.36. The summed E-state index contributed by atoms with van der Waals surface area (Å²) in [5, 5.41) is 37.5. The van der Waals surface area contributed by atoms with Crippen LogP contribution in [0.15, 0.2) is 119 Å². The summed E-state index contributed by atoms with van der Waals surface area (Å²) in [6, 6.07) is 29.4. The number of anilines is 1. The molecule has 0 saturated heterocycles. The molecule has 0 saturated carbocycles. The summed E-state index contributed by atoms with van der Waals surface area (Å²) in [5.41, 5.74) is 5.17. The molecule has 5 aromatic rings. The highest BCUT2D eigenvalue weighted by atomic mass is 32.2. The van der Waals surface area contributed by atoms with E-state index in [-0.39, 0.29) is 22.4 Å². The van der Waals surface area contributed by atoms with Crippen molar-refractivity contribution < 1.29 is 18.6 Å². The van der Waals surface area contributed by atoms with E-state index in [0.717, 1.165) is 16.8 Å². The molecule has 1 aliphatic rings. The van der Waals surface area contributed by atoms with Crippen molar-refractivity contribution in [1.82, 2.24) is 9.78 Å². The number of phenols is 2. The van der Waals surface area contributed by atoms with Crippen LogP contribution in [0.4, 0.5) is 5.69 Å². The first-order valence-electron chi connectivity index (χ1n) is 12.5. The Labute approximate surface area is 231 Å². The number of benzene rings is 4. The quantitative estimate of drug-likeness (QED) is 0.273. The molecule has 0 bridgehead atoms. The summed E-state index contributed by atoms with van der Waals surface area (Å²) in [4.78, 5) is -0.00131. The van der Waals surface area contributed by atoms with Gasteiger partial charge in [0, 0.05) is 29.3 Å². The average molecular weight is 552 g/mol. The van der Waals surface area contributed by atoms with Gasteiger partial charge in [0.1, 0.15) is 11.5 Å². The summed E-state index contributed by atoms with van der Waals surface area (Å²) in [6.45, 7) is 0. The number of nitrogens with two attached hydrogens (primary N) is 1. The maximum absolute atomic E-state index is 11.9. The van der Waals surface area contributed by atoms with E-state index >= 15 is 0 Å². The van der Waals surface area contributed by atoms with E-state index in [1.54, 1.807) is 41.1 Å². The summed E-state index contributed by atoms with van der Waals surface area (Å²) < 4.78 is 25.5. The summed E-state index contributed by atoms with van der Waals surface area (Å²) in [5.74, 6) is 0.264. The molecule has 1 unspecified atom stereocenters. The summed E-state index contributed by atoms with van der Waals surface area (Å²) in [6.07, 6.45) is 2.40. The lowest BCUT2D eigenvalue weighted by atomic mass is 9.96. The fraction of sp³-hybridized carbons (Fsp3) is 0.0667. The number of rotatable bonds is 6. The highest BCUT2D eigenvalue weighted by Crippen LogP contribution is 2.42. The van der Waals surface area contributed by atoms with Crippen LogP contribution in [-0.2, 0) is 10.0 Å². The molecular weight excluding hydrogens is 526 g/mol. The van der Waals surface area contributed by atoms with Gasteiger partial charge in [-0.3, -0.25) is 5.01 Å². The molecule has 6 rings (SSSR count). The number of nitrogens with zero attached hydrogens (tertiary/aromatic N) is 4. The molecule has 0 amide bonds. The molecule has 0 spiro atoms. The molecule has 1 aromatic heterocycles. The number of hydrogen-bond acceptors (Lipinski definition) is 7. The second-order valence-corrected chi connectivity index (χ2v) is 11.0. The van der Waals surface area contributed by atoms with Crippen molar-refractivity contribution in [3.63, 3.8) is 0 Å². The predicted octanol–water partition coefficient (Wildman–Crippen LogP) is 4.95. The van der Waals surface area contributed by atoms with Gasteiger partial charge in [-0.05, 0) is 72.8 Å². The lowest BCUT2D eigenvalue weighted by Crippen LogP contribution is -2.19. The third kappa shape index (κ3) is 4.81. The number of aromatic nitrogens is 2. The molecular formula is C30H25N5O4S. The van der Waals surface area contributed by atoms with E-state index in [1.807, 2.05) is 65.8 Å². The van der Waals surface area contributed by atoms with E-state index in [0.29, 0.717) is 29.1 Å². The van der Waals surface area contributed by atoms with Crippen molar-refractivity contribution in [2.24, 2.45) is 10.2 Å². The lowest BCUT2D eigenvalue weighted by Gasteiger charge is -2.24. The molecule has 9 nitrogen and oxygen atoms in total. The van der Waals surface area contributed by atoms with Crippen LogP contribution in [0.25, 0.3) is 16.9 Å². The Bertz CT molecular complexity index is 1820. The van der Waals surface area contributed by atoms with Crippen LogP contribution in [0.2, 0.25) is 0 Å². The van der Waals surface area contributed by atoms with Gasteiger partial charge in [-0.15, -0.1) is 0 Å². The smallest absolute Gasteiger partial charge is 0.238 e. The standard InChI is InChI=1S/C30H25N5O4S/c31-40(38,39)24-16-12-22(13-17-24)35-28(18-27(32-35)25-8-4-5-9-29(25)37)26-19-34(21-6-2-1-3-7-21)33-30(26)20-10-14-23(36)15-11-20/h1-17,19,28,36-37H,18H2,(H2,31,38,39). The van der Waals surface area contributed by atoms with Gasteiger partial charge in [0.15, 0.2) is 0 Å². The van der Waals surface area contributed by atoms with Crippen LogP contribution in [0.1, 0.15) is 23.6 Å². The van der Waals surface area contributed by atoms with E-state index < -0.39 is 10.0 Å². The van der Waals surface area contributed by atoms with Crippen molar-refractivity contribution in [3.8, 4) is 28.4 Å². The Hall–Kier alpha value is -4.93. The molecule has 1 aliphatic heterocycles. The van der Waals surface area contributed by atoms with Crippen molar-refractivity contribution in [2.75, 3.05) is 5.01 Å². The van der Waals surface area contributed by atoms with Gasteiger partial charge in [0.25, 0.3) is 0 Å². The van der Waals surface area contributed by atoms with Crippen LogP contribution in [-0.4, -0.2) is 34.1 Å². The van der Waals surface area contributed by atoms with Gasteiger partial charge < -0.3 is 10.2 Å². The minimum Gasteiger partial charge on any atom is -0.508 e. The molecule has 200 valence electrons. The molecule has 0 radical (unpaired) electrons. The number of hydrazone groups is 1. The third-order valence-electron chi connectivity index (χ3n) is 6.82. The Morgan fingerprint density at radius 1 is 0.800 bits per heavy atom. The van der Waals surface area contributed by atoms with Crippen LogP contribution in [0, 0.1) is 0 Å². The van der Waals surface area contributed by atoms with Crippen molar-refractivity contribution in [2.45, 2.75) is 17.4 Å². The topological polar surface area (TPSA) is 134 Å². The van der Waals surface area contributed by atoms with Crippen LogP contribution >= 0.6 is 0 Å². The van der Waals surface area contributed by atoms with Gasteiger partial charge in [0.05, 0.1) is 33.7 Å². The Kier molecular flexibility index (Phi) is 6.33. The number of sulfonamides is 1. The molecule has 0 aliphatic carbocycles. The van der Waals surface area contributed by atoms with E-state index in [4.69, 9.17) is 15.3 Å². The van der Waals surface area contributed by atoms with Crippen molar-refractivity contribution >= 4 is 21.4 Å². The Morgan fingerprint density at radius 3 is 2.15 bits per heavy atom. The average Bonchev–Trinajstić information content (AvgIpc) is 3.59. The molecule has 0 fully saturated rings. The number of primary sulfonamides is 1.